The smallest absolute Gasteiger partial charge is 0.0125 e. The minimum atomic E-state index is 0.300. The van der Waals surface area contributed by atoms with Gasteiger partial charge in [0.2, 0.25) is 0 Å². The Hall–Kier alpha value is -0.330. The summed E-state index contributed by atoms with van der Waals surface area (Å²) in [6, 6.07) is 0. The first-order valence-electron chi connectivity index (χ1n) is 5.56. The molecule has 0 heterocycles. The lowest BCUT2D eigenvalue weighted by atomic mass is 9.79. The van der Waals surface area contributed by atoms with Crippen LogP contribution in [0.5, 0.6) is 0 Å². The lowest BCUT2D eigenvalue weighted by Gasteiger charge is -2.26. The van der Waals surface area contributed by atoms with E-state index in [-0.39, 0.29) is 0 Å². The van der Waals surface area contributed by atoms with E-state index in [9.17, 15) is 0 Å². The zero-order valence-corrected chi connectivity index (χ0v) is 9.32. The Morgan fingerprint density at radius 3 is 2.15 bits per heavy atom. The minimum absolute atomic E-state index is 0.300. The van der Waals surface area contributed by atoms with Gasteiger partial charge in [-0.25, -0.2) is 0 Å². The fourth-order valence-corrected chi connectivity index (χ4v) is 2.17. The fraction of sp³-hybridized carbons (Fsp3) is 0.917. The van der Waals surface area contributed by atoms with Crippen LogP contribution in [0, 0.1) is 16.7 Å². The molecule has 1 nitrogen and oxygen atoms in total. The van der Waals surface area contributed by atoms with Crippen molar-refractivity contribution in [1.82, 2.24) is 0 Å². The maximum atomic E-state index is 8.04. The van der Waals surface area contributed by atoms with E-state index in [1.54, 1.807) is 0 Å². The third-order valence-electron chi connectivity index (χ3n) is 2.82. The highest BCUT2D eigenvalue weighted by atomic mass is 14.5. The highest BCUT2D eigenvalue weighted by molar-refractivity contribution is 5.84. The van der Waals surface area contributed by atoms with Crippen molar-refractivity contribution in [2.24, 2.45) is 11.3 Å². The second kappa shape index (κ2) is 4.26. The molecule has 1 aliphatic carbocycles. The minimum Gasteiger partial charge on any atom is -0.309 e. The summed E-state index contributed by atoms with van der Waals surface area (Å²) < 4.78 is 0. The van der Waals surface area contributed by atoms with Crippen LogP contribution in [-0.2, 0) is 0 Å². The van der Waals surface area contributed by atoms with E-state index in [0.717, 1.165) is 12.1 Å². The predicted molar refractivity (Wildman–Crippen MR) is 58.4 cm³/mol. The van der Waals surface area contributed by atoms with Crippen molar-refractivity contribution < 1.29 is 0 Å². The van der Waals surface area contributed by atoms with Crippen molar-refractivity contribution in [3.05, 3.63) is 0 Å². The fourth-order valence-electron chi connectivity index (χ4n) is 2.17. The van der Waals surface area contributed by atoms with Gasteiger partial charge in [0.25, 0.3) is 0 Å². The van der Waals surface area contributed by atoms with Gasteiger partial charge in [-0.3, -0.25) is 0 Å². The zero-order chi connectivity index (χ0) is 9.90. The molecule has 0 radical (unpaired) electrons. The Kier molecular flexibility index (Phi) is 3.52. The van der Waals surface area contributed by atoms with E-state index in [2.05, 4.69) is 20.8 Å². The van der Waals surface area contributed by atoms with Crippen LogP contribution in [0.25, 0.3) is 0 Å². The van der Waals surface area contributed by atoms with Crippen molar-refractivity contribution in [3.63, 3.8) is 0 Å². The summed E-state index contributed by atoms with van der Waals surface area (Å²) in [4.78, 5) is 0. The third kappa shape index (κ3) is 3.93. The Bertz CT molecular complexity index is 170. The first kappa shape index (κ1) is 10.7. The van der Waals surface area contributed by atoms with Crippen molar-refractivity contribution in [3.8, 4) is 0 Å². The van der Waals surface area contributed by atoms with Crippen molar-refractivity contribution in [1.29, 1.82) is 5.41 Å². The number of hydrogen-bond acceptors (Lipinski definition) is 1. The number of hydrogen-bond donors (Lipinski definition) is 1. The lowest BCUT2D eigenvalue weighted by Crippen LogP contribution is -2.22. The highest BCUT2D eigenvalue weighted by Crippen LogP contribution is 2.29. The summed E-state index contributed by atoms with van der Waals surface area (Å²) in [6.45, 7) is 6.68. The van der Waals surface area contributed by atoms with Crippen molar-refractivity contribution in [2.75, 3.05) is 0 Å². The molecule has 0 atom stereocenters. The van der Waals surface area contributed by atoms with Crippen LogP contribution in [0.3, 0.4) is 0 Å². The van der Waals surface area contributed by atoms with Gasteiger partial charge in [0.15, 0.2) is 0 Å². The molecule has 0 aliphatic heterocycles. The predicted octanol–water partition coefficient (Wildman–Crippen LogP) is 4.02. The molecule has 0 amide bonds. The molecule has 1 rings (SSSR count). The molecule has 0 unspecified atom stereocenters. The van der Waals surface area contributed by atoms with Gasteiger partial charge in [0, 0.05) is 5.71 Å². The van der Waals surface area contributed by atoms with E-state index in [1.807, 2.05) is 0 Å². The molecular weight excluding hydrogens is 158 g/mol. The van der Waals surface area contributed by atoms with Gasteiger partial charge in [-0.1, -0.05) is 40.0 Å². The SMILES string of the molecule is CC(C)(C)CC(=N)C1CCCCC1. The van der Waals surface area contributed by atoms with Crippen LogP contribution in [0.4, 0.5) is 0 Å². The second-order valence-corrected chi connectivity index (χ2v) is 5.60. The molecule has 0 aromatic rings. The highest BCUT2D eigenvalue weighted by Gasteiger charge is 2.22. The summed E-state index contributed by atoms with van der Waals surface area (Å²) in [5.41, 5.74) is 1.31. The van der Waals surface area contributed by atoms with Crippen LogP contribution in [0.2, 0.25) is 0 Å². The van der Waals surface area contributed by atoms with Gasteiger partial charge in [-0.2, -0.15) is 0 Å². The molecule has 0 aromatic carbocycles. The van der Waals surface area contributed by atoms with E-state index >= 15 is 0 Å². The van der Waals surface area contributed by atoms with Gasteiger partial charge >= 0.3 is 0 Å². The van der Waals surface area contributed by atoms with E-state index in [4.69, 9.17) is 5.41 Å². The molecule has 0 aromatic heterocycles. The summed E-state index contributed by atoms with van der Waals surface area (Å²) in [5.74, 6) is 0.618. The molecule has 1 heteroatoms. The summed E-state index contributed by atoms with van der Waals surface area (Å²) in [5, 5.41) is 8.04. The molecule has 1 N–H and O–H groups in total. The molecule has 1 saturated carbocycles. The average molecular weight is 181 g/mol. The average Bonchev–Trinajstić information content (AvgIpc) is 2.03. The van der Waals surface area contributed by atoms with Crippen LogP contribution >= 0.6 is 0 Å². The number of nitrogens with one attached hydrogen (secondary N) is 1. The maximum absolute atomic E-state index is 8.04. The lowest BCUT2D eigenvalue weighted by molar-refractivity contribution is 0.393. The molecule has 0 bridgehead atoms. The van der Waals surface area contributed by atoms with Gasteiger partial charge < -0.3 is 5.41 Å². The number of rotatable bonds is 2. The molecule has 1 fully saturated rings. The first-order chi connectivity index (χ1) is 5.99. The van der Waals surface area contributed by atoms with Crippen LogP contribution < -0.4 is 0 Å². The van der Waals surface area contributed by atoms with Gasteiger partial charge in [0.05, 0.1) is 0 Å². The van der Waals surface area contributed by atoms with Crippen LogP contribution in [0.15, 0.2) is 0 Å². The molecule has 13 heavy (non-hydrogen) atoms. The van der Waals surface area contributed by atoms with Gasteiger partial charge in [-0.05, 0) is 30.6 Å². The Balaban J connectivity index is 2.38. The normalized spacial score (nSPS) is 20.2. The quantitative estimate of drug-likeness (QED) is 0.622. The first-order valence-corrected chi connectivity index (χ1v) is 5.56. The largest absolute Gasteiger partial charge is 0.309 e. The molecule has 1 aliphatic rings. The van der Waals surface area contributed by atoms with E-state index in [0.29, 0.717) is 11.3 Å². The van der Waals surface area contributed by atoms with E-state index in [1.165, 1.54) is 32.1 Å². The summed E-state index contributed by atoms with van der Waals surface area (Å²) >= 11 is 0. The maximum Gasteiger partial charge on any atom is 0.0125 e. The second-order valence-electron chi connectivity index (χ2n) is 5.60. The molecular formula is C12H23N. The summed E-state index contributed by atoms with van der Waals surface area (Å²) in [7, 11) is 0. The Morgan fingerprint density at radius 2 is 1.69 bits per heavy atom. The monoisotopic (exact) mass is 181 g/mol. The zero-order valence-electron chi connectivity index (χ0n) is 9.32. The molecule has 0 spiro atoms. The molecule has 76 valence electrons. The van der Waals surface area contributed by atoms with Gasteiger partial charge in [0.1, 0.15) is 0 Å². The Labute approximate surface area is 82.4 Å². The standard InChI is InChI=1S/C12H23N/c1-12(2,3)9-11(13)10-7-5-4-6-8-10/h10,13H,4-9H2,1-3H3. The third-order valence-corrected chi connectivity index (χ3v) is 2.82. The van der Waals surface area contributed by atoms with Crippen LogP contribution in [-0.4, -0.2) is 5.71 Å². The van der Waals surface area contributed by atoms with E-state index < -0.39 is 0 Å². The van der Waals surface area contributed by atoms with Gasteiger partial charge in [-0.15, -0.1) is 0 Å². The Morgan fingerprint density at radius 1 is 1.15 bits per heavy atom. The topological polar surface area (TPSA) is 23.9 Å². The van der Waals surface area contributed by atoms with Crippen molar-refractivity contribution in [2.45, 2.75) is 59.3 Å². The van der Waals surface area contributed by atoms with Crippen LogP contribution in [0.1, 0.15) is 59.3 Å². The molecule has 0 saturated heterocycles. The van der Waals surface area contributed by atoms with Crippen molar-refractivity contribution >= 4 is 5.71 Å². The summed E-state index contributed by atoms with van der Waals surface area (Å²) in [6.07, 6.45) is 7.61.